The molecule has 2 aromatic heterocycles. The van der Waals surface area contributed by atoms with Crippen LogP contribution in [-0.4, -0.2) is 11.9 Å². The van der Waals surface area contributed by atoms with E-state index in [2.05, 4.69) is 0 Å². The van der Waals surface area contributed by atoms with Gasteiger partial charge in [0.15, 0.2) is 0 Å². The second kappa shape index (κ2) is 5.66. The van der Waals surface area contributed by atoms with Crippen LogP contribution < -0.4 is 10.2 Å². The van der Waals surface area contributed by atoms with Gasteiger partial charge in [-0.05, 0) is 12.1 Å². The van der Waals surface area contributed by atoms with Gasteiger partial charge in [0.2, 0.25) is 0 Å². The topological polar surface area (TPSA) is 107 Å². The first-order valence-electron chi connectivity index (χ1n) is 5.22. The number of carboxylic acids is 2. The van der Waals surface area contributed by atoms with E-state index >= 15 is 0 Å². The molecule has 0 aliphatic heterocycles. The predicted octanol–water partition coefficient (Wildman–Crippen LogP) is 0.0330. The van der Waals surface area contributed by atoms with Crippen LogP contribution in [0.2, 0.25) is 0 Å². The first kappa shape index (κ1) is 13.3. The molecule has 2 rings (SSSR count). The fraction of sp³-hybridized carbons (Fsp3) is 0.167. The SMILES string of the molecule is O=C([O-])c1ccoc1CSCc1occc1C(=O)[O-]. The summed E-state index contributed by atoms with van der Waals surface area (Å²) in [6.45, 7) is 0. The fourth-order valence-corrected chi connectivity index (χ4v) is 2.42. The molecular weight excluding hydrogens is 272 g/mol. The first-order valence-corrected chi connectivity index (χ1v) is 6.38. The first-order chi connectivity index (χ1) is 9.09. The number of carboxylic acid groups (broad SMARTS) is 2. The van der Waals surface area contributed by atoms with Crippen LogP contribution in [0.4, 0.5) is 0 Å². The molecule has 2 heterocycles. The minimum Gasteiger partial charge on any atom is -0.545 e. The summed E-state index contributed by atoms with van der Waals surface area (Å²) in [4.78, 5) is 21.5. The molecular formula is C12H8O6S-2. The van der Waals surface area contributed by atoms with Crippen LogP contribution in [0.25, 0.3) is 0 Å². The zero-order valence-corrected chi connectivity index (χ0v) is 10.4. The number of hydrogen-bond acceptors (Lipinski definition) is 7. The second-order valence-corrected chi connectivity index (χ2v) is 4.57. The summed E-state index contributed by atoms with van der Waals surface area (Å²) < 4.78 is 10.0. The molecule has 0 saturated carbocycles. The Labute approximate surface area is 112 Å². The van der Waals surface area contributed by atoms with Crippen LogP contribution >= 0.6 is 11.8 Å². The normalized spacial score (nSPS) is 10.5. The zero-order valence-electron chi connectivity index (χ0n) is 9.58. The Hall–Kier alpha value is -2.15. The monoisotopic (exact) mass is 280 g/mol. The standard InChI is InChI=1S/C12H10O6S/c13-11(14)7-1-3-17-9(7)5-19-6-10-8(12(15)16)2-4-18-10/h1-4H,5-6H2,(H,13,14)(H,15,16)/p-2. The van der Waals surface area contributed by atoms with E-state index < -0.39 is 11.9 Å². The van der Waals surface area contributed by atoms with Crippen molar-refractivity contribution in [2.45, 2.75) is 11.5 Å². The minimum atomic E-state index is -1.31. The number of furan rings is 2. The van der Waals surface area contributed by atoms with Gasteiger partial charge >= 0.3 is 0 Å². The van der Waals surface area contributed by atoms with E-state index in [4.69, 9.17) is 8.83 Å². The average molecular weight is 280 g/mol. The third-order valence-corrected chi connectivity index (χ3v) is 3.33. The van der Waals surface area contributed by atoms with Gasteiger partial charge in [-0.1, -0.05) is 0 Å². The highest BCUT2D eigenvalue weighted by Gasteiger charge is 2.10. The van der Waals surface area contributed by atoms with Gasteiger partial charge in [0, 0.05) is 11.1 Å². The van der Waals surface area contributed by atoms with Crippen molar-refractivity contribution in [3.05, 3.63) is 47.3 Å². The van der Waals surface area contributed by atoms with Crippen molar-refractivity contribution >= 4 is 23.7 Å². The molecule has 100 valence electrons. The summed E-state index contributed by atoms with van der Waals surface area (Å²) in [6, 6.07) is 2.62. The number of aromatic carboxylic acids is 2. The summed E-state index contributed by atoms with van der Waals surface area (Å²) in [6.07, 6.45) is 2.53. The van der Waals surface area contributed by atoms with Crippen molar-refractivity contribution in [2.24, 2.45) is 0 Å². The number of rotatable bonds is 6. The highest BCUT2D eigenvalue weighted by atomic mass is 32.2. The van der Waals surface area contributed by atoms with E-state index in [9.17, 15) is 19.8 Å². The van der Waals surface area contributed by atoms with Gasteiger partial charge in [0.1, 0.15) is 11.5 Å². The molecule has 0 aliphatic rings. The third-order valence-electron chi connectivity index (χ3n) is 2.40. The predicted molar refractivity (Wildman–Crippen MR) is 61.1 cm³/mol. The van der Waals surface area contributed by atoms with E-state index in [1.54, 1.807) is 0 Å². The van der Waals surface area contributed by atoms with E-state index in [-0.39, 0.29) is 34.2 Å². The largest absolute Gasteiger partial charge is 0.545 e. The molecule has 0 saturated heterocycles. The maximum atomic E-state index is 10.7. The van der Waals surface area contributed by atoms with Gasteiger partial charge < -0.3 is 28.6 Å². The molecule has 0 bridgehead atoms. The van der Waals surface area contributed by atoms with Crippen molar-refractivity contribution in [3.63, 3.8) is 0 Å². The van der Waals surface area contributed by atoms with E-state index in [1.807, 2.05) is 0 Å². The van der Waals surface area contributed by atoms with Gasteiger partial charge in [0.25, 0.3) is 0 Å². The highest BCUT2D eigenvalue weighted by molar-refractivity contribution is 7.97. The lowest BCUT2D eigenvalue weighted by Crippen LogP contribution is -2.23. The lowest BCUT2D eigenvalue weighted by molar-refractivity contribution is -0.256. The maximum absolute atomic E-state index is 10.7. The Morgan fingerprint density at radius 1 is 0.947 bits per heavy atom. The second-order valence-electron chi connectivity index (χ2n) is 3.58. The number of hydrogen-bond donors (Lipinski definition) is 0. The van der Waals surface area contributed by atoms with Crippen LogP contribution in [0, 0.1) is 0 Å². The Morgan fingerprint density at radius 3 is 1.74 bits per heavy atom. The summed E-state index contributed by atoms with van der Waals surface area (Å²) in [5, 5.41) is 21.5. The van der Waals surface area contributed by atoms with E-state index in [0.717, 1.165) is 0 Å². The van der Waals surface area contributed by atoms with Gasteiger partial charge in [-0.2, -0.15) is 0 Å². The smallest absolute Gasteiger partial charge is 0.122 e. The van der Waals surface area contributed by atoms with E-state index in [1.165, 1.54) is 36.4 Å². The Balaban J connectivity index is 1.97. The van der Waals surface area contributed by atoms with Crippen LogP contribution in [0.3, 0.4) is 0 Å². The molecule has 0 N–H and O–H groups in total. The van der Waals surface area contributed by atoms with Crippen molar-refractivity contribution in [1.82, 2.24) is 0 Å². The number of thioether (sulfide) groups is 1. The van der Waals surface area contributed by atoms with Crippen LogP contribution in [-0.2, 0) is 11.5 Å². The van der Waals surface area contributed by atoms with Gasteiger partial charge in [-0.25, -0.2) is 0 Å². The Kier molecular flexibility index (Phi) is 3.96. The maximum Gasteiger partial charge on any atom is 0.122 e. The molecule has 2 aromatic rings. The van der Waals surface area contributed by atoms with Crippen molar-refractivity contribution in [2.75, 3.05) is 0 Å². The molecule has 0 unspecified atom stereocenters. The summed E-state index contributed by atoms with van der Waals surface area (Å²) in [7, 11) is 0. The van der Waals surface area contributed by atoms with Gasteiger partial charge in [0.05, 0.1) is 36.0 Å². The Bertz CT molecular complexity index is 545. The van der Waals surface area contributed by atoms with E-state index in [0.29, 0.717) is 0 Å². The van der Waals surface area contributed by atoms with Crippen LogP contribution in [0.15, 0.2) is 33.5 Å². The number of carbonyl (C=O) groups is 2. The van der Waals surface area contributed by atoms with Gasteiger partial charge in [-0.15, -0.1) is 11.8 Å². The number of carbonyl (C=O) groups excluding carboxylic acids is 2. The lowest BCUT2D eigenvalue weighted by Gasteiger charge is -2.04. The van der Waals surface area contributed by atoms with Crippen LogP contribution in [0.5, 0.6) is 0 Å². The molecule has 0 spiro atoms. The quantitative estimate of drug-likeness (QED) is 0.734. The molecule has 0 fully saturated rings. The third kappa shape index (κ3) is 3.00. The van der Waals surface area contributed by atoms with Gasteiger partial charge in [-0.3, -0.25) is 0 Å². The van der Waals surface area contributed by atoms with Crippen LogP contribution in [0.1, 0.15) is 32.2 Å². The molecule has 7 heteroatoms. The molecule has 0 radical (unpaired) electrons. The van der Waals surface area contributed by atoms with Crippen molar-refractivity contribution in [1.29, 1.82) is 0 Å². The fourth-order valence-electron chi connectivity index (χ4n) is 1.50. The molecule has 0 amide bonds. The summed E-state index contributed by atoms with van der Waals surface area (Å²) >= 11 is 1.26. The summed E-state index contributed by atoms with van der Waals surface area (Å²) in [5.74, 6) is -1.54. The molecule has 0 aromatic carbocycles. The molecule has 6 nitrogen and oxygen atoms in total. The Morgan fingerprint density at radius 2 is 1.37 bits per heavy atom. The summed E-state index contributed by atoms with van der Waals surface area (Å²) in [5.41, 5.74) is -0.0147. The highest BCUT2D eigenvalue weighted by Crippen LogP contribution is 2.23. The molecule has 19 heavy (non-hydrogen) atoms. The minimum absolute atomic E-state index is 0.00734. The zero-order chi connectivity index (χ0) is 13.8. The van der Waals surface area contributed by atoms with Crippen molar-refractivity contribution < 1.29 is 28.6 Å². The average Bonchev–Trinajstić information content (AvgIpc) is 2.96. The lowest BCUT2D eigenvalue weighted by atomic mass is 10.3. The molecule has 0 aliphatic carbocycles. The molecule has 0 atom stereocenters. The van der Waals surface area contributed by atoms with Crippen molar-refractivity contribution in [3.8, 4) is 0 Å².